The van der Waals surface area contributed by atoms with Gasteiger partial charge in [0.15, 0.2) is 0 Å². The summed E-state index contributed by atoms with van der Waals surface area (Å²) in [4.78, 5) is 2.35. The summed E-state index contributed by atoms with van der Waals surface area (Å²) in [5.74, 6) is -0.121. The smallest absolute Gasteiger partial charge is 0.220 e. The van der Waals surface area contributed by atoms with E-state index in [1.807, 2.05) is 36.4 Å². The summed E-state index contributed by atoms with van der Waals surface area (Å²) in [6.07, 6.45) is 1.40. The molecule has 4 rings (SSSR count). The maximum atomic E-state index is 12.7. The molecule has 0 N–H and O–H groups in total. The van der Waals surface area contributed by atoms with E-state index >= 15 is 0 Å². The normalized spacial score (nSPS) is 16.5. The molecule has 0 atom stereocenters. The Morgan fingerprint density at radius 2 is 1.43 bits per heavy atom. The van der Waals surface area contributed by atoms with Crippen molar-refractivity contribution in [2.24, 2.45) is 0 Å². The fourth-order valence-corrected chi connectivity index (χ4v) is 5.14. The van der Waals surface area contributed by atoms with Gasteiger partial charge in [-0.05, 0) is 11.1 Å². The number of nitrogens with zero attached hydrogens (tertiary/aromatic N) is 3. The first-order valence-corrected chi connectivity index (χ1v) is 11.0. The second-order valence-corrected chi connectivity index (χ2v) is 8.87. The third-order valence-electron chi connectivity index (χ3n) is 5.08. The largest absolute Gasteiger partial charge is 0.364 e. The van der Waals surface area contributed by atoms with Crippen LogP contribution in [0.1, 0.15) is 22.9 Å². The molecule has 0 aliphatic carbocycles. The highest BCUT2D eigenvalue weighted by Gasteiger charge is 2.31. The molecule has 0 bridgehead atoms. The fraction of sp³-hybridized carbons (Fsp3) is 0.286. The summed E-state index contributed by atoms with van der Waals surface area (Å²) in [5, 5.41) is 3.73. The monoisotopic (exact) mass is 397 g/mol. The lowest BCUT2D eigenvalue weighted by Gasteiger charge is -2.39. The van der Waals surface area contributed by atoms with Gasteiger partial charge in [0.25, 0.3) is 0 Å². The third kappa shape index (κ3) is 4.16. The van der Waals surface area contributed by atoms with E-state index in [0.717, 1.165) is 0 Å². The molecular formula is C21H23N3O3S. The van der Waals surface area contributed by atoms with E-state index in [1.165, 1.54) is 17.4 Å². The van der Waals surface area contributed by atoms with Crippen molar-refractivity contribution >= 4 is 10.0 Å². The van der Waals surface area contributed by atoms with Crippen molar-refractivity contribution in [1.29, 1.82) is 0 Å². The van der Waals surface area contributed by atoms with E-state index in [1.54, 1.807) is 10.4 Å². The number of sulfonamides is 1. The first-order chi connectivity index (χ1) is 13.6. The lowest BCUT2D eigenvalue weighted by atomic mass is 9.96. The Kier molecular flexibility index (Phi) is 5.57. The van der Waals surface area contributed by atoms with Crippen molar-refractivity contribution in [3.05, 3.63) is 89.8 Å². The van der Waals surface area contributed by atoms with E-state index in [2.05, 4.69) is 34.3 Å². The van der Waals surface area contributed by atoms with E-state index in [4.69, 9.17) is 4.52 Å². The highest BCUT2D eigenvalue weighted by Crippen LogP contribution is 2.30. The lowest BCUT2D eigenvalue weighted by Crippen LogP contribution is -2.50. The summed E-state index contributed by atoms with van der Waals surface area (Å²) in [7, 11) is -3.40. The van der Waals surface area contributed by atoms with Crippen LogP contribution in [0.15, 0.2) is 77.5 Å². The number of hydrogen-bond acceptors (Lipinski definition) is 5. The van der Waals surface area contributed by atoms with Gasteiger partial charge in [-0.15, -0.1) is 0 Å². The summed E-state index contributed by atoms with van der Waals surface area (Å²) >= 11 is 0. The van der Waals surface area contributed by atoms with Crippen LogP contribution in [-0.4, -0.2) is 49.0 Å². The van der Waals surface area contributed by atoms with Gasteiger partial charge in [-0.1, -0.05) is 65.8 Å². The fourth-order valence-electron chi connectivity index (χ4n) is 3.71. The predicted octanol–water partition coefficient (Wildman–Crippen LogP) is 2.91. The zero-order valence-corrected chi connectivity index (χ0v) is 16.3. The molecule has 2 aromatic carbocycles. The molecule has 146 valence electrons. The molecule has 0 saturated carbocycles. The molecule has 1 aliphatic rings. The first kappa shape index (κ1) is 18.9. The van der Waals surface area contributed by atoms with Crippen molar-refractivity contribution in [2.45, 2.75) is 11.8 Å². The van der Waals surface area contributed by atoms with Gasteiger partial charge in [0, 0.05) is 32.2 Å². The van der Waals surface area contributed by atoms with Gasteiger partial charge >= 0.3 is 0 Å². The Bertz CT molecular complexity index is 929. The third-order valence-corrected chi connectivity index (χ3v) is 6.90. The number of benzene rings is 2. The van der Waals surface area contributed by atoms with Gasteiger partial charge < -0.3 is 4.52 Å². The highest BCUT2D eigenvalue weighted by molar-refractivity contribution is 7.88. The van der Waals surface area contributed by atoms with Crippen LogP contribution in [0.2, 0.25) is 0 Å². The molecule has 28 heavy (non-hydrogen) atoms. The van der Waals surface area contributed by atoms with Gasteiger partial charge in [-0.2, -0.15) is 4.31 Å². The van der Waals surface area contributed by atoms with Crippen LogP contribution in [0.25, 0.3) is 0 Å². The molecule has 7 heteroatoms. The summed E-state index contributed by atoms with van der Waals surface area (Å²) in [5.41, 5.74) is 2.87. The highest BCUT2D eigenvalue weighted by atomic mass is 32.2. The van der Waals surface area contributed by atoms with Crippen molar-refractivity contribution in [3.63, 3.8) is 0 Å². The van der Waals surface area contributed by atoms with Crippen LogP contribution in [0.4, 0.5) is 0 Å². The van der Waals surface area contributed by atoms with Crippen LogP contribution < -0.4 is 0 Å². The molecule has 0 spiro atoms. The summed E-state index contributed by atoms with van der Waals surface area (Å²) in [6, 6.07) is 22.4. The average Bonchev–Trinajstić information content (AvgIpc) is 3.23. The molecule has 1 aromatic heterocycles. The molecular weight excluding hydrogens is 374 g/mol. The van der Waals surface area contributed by atoms with Crippen LogP contribution in [0.3, 0.4) is 0 Å². The zero-order chi connectivity index (χ0) is 19.4. The van der Waals surface area contributed by atoms with Crippen molar-refractivity contribution in [1.82, 2.24) is 14.4 Å². The lowest BCUT2D eigenvalue weighted by molar-refractivity contribution is 0.155. The summed E-state index contributed by atoms with van der Waals surface area (Å²) < 4.78 is 31.7. The Morgan fingerprint density at radius 1 is 0.857 bits per heavy atom. The van der Waals surface area contributed by atoms with Crippen LogP contribution in [0.5, 0.6) is 0 Å². The zero-order valence-electron chi connectivity index (χ0n) is 15.5. The second-order valence-electron chi connectivity index (χ2n) is 6.91. The van der Waals surface area contributed by atoms with E-state index in [-0.39, 0.29) is 11.8 Å². The van der Waals surface area contributed by atoms with Crippen molar-refractivity contribution in [2.75, 3.05) is 26.2 Å². The Balaban J connectivity index is 1.50. The number of aromatic nitrogens is 1. The molecule has 2 heterocycles. The number of hydrogen-bond donors (Lipinski definition) is 0. The minimum Gasteiger partial charge on any atom is -0.364 e. The van der Waals surface area contributed by atoms with Crippen LogP contribution in [0, 0.1) is 0 Å². The molecule has 3 aromatic rings. The Morgan fingerprint density at radius 3 is 1.93 bits per heavy atom. The van der Waals surface area contributed by atoms with Gasteiger partial charge in [0.1, 0.15) is 12.0 Å². The molecule has 0 amide bonds. The molecule has 0 unspecified atom stereocenters. The molecule has 1 saturated heterocycles. The van der Waals surface area contributed by atoms with Crippen molar-refractivity contribution < 1.29 is 12.9 Å². The van der Waals surface area contributed by atoms with Gasteiger partial charge in [-0.25, -0.2) is 8.42 Å². The van der Waals surface area contributed by atoms with Crippen LogP contribution in [-0.2, 0) is 15.8 Å². The number of piperazine rings is 1. The Labute approximate surface area is 165 Å². The quantitative estimate of drug-likeness (QED) is 0.640. The SMILES string of the molecule is O=S(=O)(Cc1ccon1)N1CCN(C(c2ccccc2)c2ccccc2)CC1. The van der Waals surface area contributed by atoms with Gasteiger partial charge in [0.2, 0.25) is 10.0 Å². The van der Waals surface area contributed by atoms with Gasteiger partial charge in [-0.3, -0.25) is 4.90 Å². The second kappa shape index (κ2) is 8.26. The maximum Gasteiger partial charge on any atom is 0.220 e. The predicted molar refractivity (Wildman–Crippen MR) is 107 cm³/mol. The standard InChI is InChI=1S/C21H23N3O3S/c25-28(26,17-20-11-16-27-22-20)24-14-12-23(13-15-24)21(18-7-3-1-4-8-18)19-9-5-2-6-10-19/h1-11,16,21H,12-15,17H2. The molecule has 6 nitrogen and oxygen atoms in total. The van der Waals surface area contributed by atoms with Crippen molar-refractivity contribution in [3.8, 4) is 0 Å². The average molecular weight is 398 g/mol. The number of rotatable bonds is 6. The Hall–Kier alpha value is -2.48. The minimum absolute atomic E-state index is 0.114. The first-order valence-electron chi connectivity index (χ1n) is 9.34. The van der Waals surface area contributed by atoms with E-state index in [9.17, 15) is 8.42 Å². The minimum atomic E-state index is -3.40. The van der Waals surface area contributed by atoms with Crippen LogP contribution >= 0.6 is 0 Å². The van der Waals surface area contributed by atoms with Gasteiger partial charge in [0.05, 0.1) is 11.7 Å². The molecule has 1 aliphatic heterocycles. The summed E-state index contributed by atoms with van der Waals surface area (Å²) in [6.45, 7) is 2.28. The topological polar surface area (TPSA) is 66.7 Å². The van der Waals surface area contributed by atoms with E-state index in [0.29, 0.717) is 31.9 Å². The molecule has 1 fully saturated rings. The van der Waals surface area contributed by atoms with E-state index < -0.39 is 10.0 Å². The molecule has 0 radical (unpaired) electrons. The maximum absolute atomic E-state index is 12.7.